The Morgan fingerprint density at radius 3 is 2.88 bits per heavy atom. The lowest BCUT2D eigenvalue weighted by Gasteiger charge is -2.30. The molecule has 24 heavy (non-hydrogen) atoms. The molecule has 2 fully saturated rings. The van der Waals surface area contributed by atoms with Gasteiger partial charge in [0.15, 0.2) is 11.5 Å². The molecule has 1 unspecified atom stereocenters. The van der Waals surface area contributed by atoms with Crippen molar-refractivity contribution in [3.8, 4) is 11.5 Å². The second kappa shape index (κ2) is 7.72. The average Bonchev–Trinajstić information content (AvgIpc) is 2.94. The topological polar surface area (TPSA) is 34.2 Å². The molecule has 0 radical (unpaired) electrons. The molecule has 132 valence electrons. The number of ether oxygens (including phenoxy) is 3. The molecular weight excluding hydrogens is 304 g/mol. The largest absolute Gasteiger partial charge is 0.486 e. The lowest BCUT2D eigenvalue weighted by atomic mass is 10.0. The summed E-state index contributed by atoms with van der Waals surface area (Å²) in [7, 11) is 0. The number of fused-ring (bicyclic) bond motifs is 1. The van der Waals surface area contributed by atoms with Gasteiger partial charge in [-0.25, -0.2) is 0 Å². The second-order valence-corrected chi connectivity index (χ2v) is 6.87. The van der Waals surface area contributed by atoms with E-state index in [9.17, 15) is 0 Å². The Kier molecular flexibility index (Phi) is 5.21. The molecule has 0 amide bonds. The van der Waals surface area contributed by atoms with Crippen LogP contribution in [0.15, 0.2) is 18.2 Å². The minimum Gasteiger partial charge on any atom is -0.486 e. The van der Waals surface area contributed by atoms with E-state index in [0.29, 0.717) is 19.3 Å². The van der Waals surface area contributed by atoms with Crippen molar-refractivity contribution in [2.24, 2.45) is 0 Å². The van der Waals surface area contributed by atoms with E-state index >= 15 is 0 Å². The van der Waals surface area contributed by atoms with E-state index in [1.165, 1.54) is 24.9 Å². The van der Waals surface area contributed by atoms with E-state index in [2.05, 4.69) is 21.9 Å². The zero-order valence-corrected chi connectivity index (χ0v) is 14.4. The fourth-order valence-electron chi connectivity index (χ4n) is 4.10. The van der Waals surface area contributed by atoms with Crippen LogP contribution >= 0.6 is 0 Å². The molecule has 0 aromatic heterocycles. The van der Waals surface area contributed by atoms with E-state index < -0.39 is 0 Å². The van der Waals surface area contributed by atoms with E-state index in [4.69, 9.17) is 14.2 Å². The van der Waals surface area contributed by atoms with Crippen molar-refractivity contribution in [2.45, 2.75) is 25.3 Å². The van der Waals surface area contributed by atoms with Gasteiger partial charge in [-0.2, -0.15) is 0 Å². The molecule has 5 heteroatoms. The smallest absolute Gasteiger partial charge is 0.166 e. The quantitative estimate of drug-likeness (QED) is 0.845. The Morgan fingerprint density at radius 1 is 0.917 bits per heavy atom. The van der Waals surface area contributed by atoms with Gasteiger partial charge in [0, 0.05) is 44.4 Å². The van der Waals surface area contributed by atoms with E-state index in [1.54, 1.807) is 0 Å². The van der Waals surface area contributed by atoms with Crippen LogP contribution in [0.5, 0.6) is 11.5 Å². The summed E-state index contributed by atoms with van der Waals surface area (Å²) in [6.45, 7) is 8.76. The molecule has 1 atom stereocenters. The predicted octanol–water partition coefficient (Wildman–Crippen LogP) is 2.32. The summed E-state index contributed by atoms with van der Waals surface area (Å²) in [5.41, 5.74) is 1.31. The molecule has 3 aliphatic heterocycles. The Morgan fingerprint density at radius 2 is 1.88 bits per heavy atom. The highest BCUT2D eigenvalue weighted by Crippen LogP contribution is 2.42. The van der Waals surface area contributed by atoms with Crippen molar-refractivity contribution in [3.05, 3.63) is 23.8 Å². The van der Waals surface area contributed by atoms with Crippen molar-refractivity contribution in [1.82, 2.24) is 9.80 Å². The maximum Gasteiger partial charge on any atom is 0.166 e. The number of benzene rings is 1. The molecule has 3 aliphatic rings. The van der Waals surface area contributed by atoms with Crippen LogP contribution in [0, 0.1) is 0 Å². The van der Waals surface area contributed by atoms with E-state index in [1.807, 2.05) is 6.07 Å². The molecule has 0 N–H and O–H groups in total. The fraction of sp³-hybridized carbons (Fsp3) is 0.684. The van der Waals surface area contributed by atoms with Gasteiger partial charge < -0.3 is 14.2 Å². The molecule has 0 aliphatic carbocycles. The average molecular weight is 332 g/mol. The first-order chi connectivity index (χ1) is 11.9. The number of rotatable bonds is 4. The van der Waals surface area contributed by atoms with Crippen LogP contribution in [-0.4, -0.2) is 69.0 Å². The molecule has 1 aromatic rings. The van der Waals surface area contributed by atoms with Crippen LogP contribution in [0.25, 0.3) is 0 Å². The van der Waals surface area contributed by atoms with Gasteiger partial charge in [0.1, 0.15) is 13.2 Å². The van der Waals surface area contributed by atoms with Gasteiger partial charge >= 0.3 is 0 Å². The molecule has 0 bridgehead atoms. The van der Waals surface area contributed by atoms with Gasteiger partial charge in [-0.3, -0.25) is 9.80 Å². The highest BCUT2D eigenvalue weighted by molar-refractivity contribution is 5.49. The van der Waals surface area contributed by atoms with Crippen LogP contribution in [0.2, 0.25) is 0 Å². The number of hydrogen-bond donors (Lipinski definition) is 0. The molecule has 0 spiro atoms. The molecule has 3 heterocycles. The van der Waals surface area contributed by atoms with Gasteiger partial charge in [-0.15, -0.1) is 0 Å². The molecule has 1 aromatic carbocycles. The van der Waals surface area contributed by atoms with Gasteiger partial charge in [0.25, 0.3) is 0 Å². The summed E-state index contributed by atoms with van der Waals surface area (Å²) in [6.07, 6.45) is 3.63. The first-order valence-electron chi connectivity index (χ1n) is 9.34. The molecular formula is C19H28N2O3. The minimum absolute atomic E-state index is 0.463. The first kappa shape index (κ1) is 16.2. The second-order valence-electron chi connectivity index (χ2n) is 6.87. The lowest BCUT2D eigenvalue weighted by molar-refractivity contribution is 0.136. The van der Waals surface area contributed by atoms with Crippen LogP contribution in [-0.2, 0) is 4.74 Å². The zero-order valence-electron chi connectivity index (χ0n) is 14.4. The van der Waals surface area contributed by atoms with Crippen molar-refractivity contribution in [3.63, 3.8) is 0 Å². The van der Waals surface area contributed by atoms with Crippen LogP contribution in [0.1, 0.15) is 30.9 Å². The number of likely N-dealkylation sites (tertiary alicyclic amines) is 1. The van der Waals surface area contributed by atoms with Crippen LogP contribution in [0.3, 0.4) is 0 Å². The summed E-state index contributed by atoms with van der Waals surface area (Å²) >= 11 is 0. The summed E-state index contributed by atoms with van der Waals surface area (Å²) in [5.74, 6) is 1.89. The minimum atomic E-state index is 0.463. The molecule has 5 nitrogen and oxygen atoms in total. The van der Waals surface area contributed by atoms with Crippen molar-refractivity contribution >= 4 is 0 Å². The fourth-order valence-corrected chi connectivity index (χ4v) is 4.10. The van der Waals surface area contributed by atoms with Crippen LogP contribution < -0.4 is 9.47 Å². The number of hydrogen-bond acceptors (Lipinski definition) is 5. The normalized spacial score (nSPS) is 25.6. The Hall–Kier alpha value is -1.30. The van der Waals surface area contributed by atoms with Crippen molar-refractivity contribution in [1.29, 1.82) is 0 Å². The third kappa shape index (κ3) is 3.53. The third-order valence-electron chi connectivity index (χ3n) is 5.34. The van der Waals surface area contributed by atoms with Gasteiger partial charge in [0.2, 0.25) is 0 Å². The Balaban J connectivity index is 1.43. The predicted molar refractivity (Wildman–Crippen MR) is 92.9 cm³/mol. The lowest BCUT2D eigenvalue weighted by Crippen LogP contribution is -2.36. The van der Waals surface area contributed by atoms with Crippen molar-refractivity contribution < 1.29 is 14.2 Å². The molecule has 0 saturated carbocycles. The number of nitrogens with zero attached hydrogens (tertiary/aromatic N) is 2. The van der Waals surface area contributed by atoms with Gasteiger partial charge in [0.05, 0.1) is 6.61 Å². The summed E-state index contributed by atoms with van der Waals surface area (Å²) in [6, 6.07) is 6.81. The van der Waals surface area contributed by atoms with Crippen molar-refractivity contribution in [2.75, 3.05) is 59.2 Å². The summed E-state index contributed by atoms with van der Waals surface area (Å²) in [4.78, 5) is 5.17. The maximum atomic E-state index is 5.95. The standard InChI is InChI=1S/C19H28N2O3/c1-4-16(19-18(6-1)23-14-15-24-19)17-5-2-8-21(17)10-9-20-7-3-12-22-13-11-20/h1,4,6,17H,2-3,5,7-15H2. The van der Waals surface area contributed by atoms with E-state index in [0.717, 1.165) is 57.3 Å². The number of para-hydroxylation sites is 1. The monoisotopic (exact) mass is 332 g/mol. The highest BCUT2D eigenvalue weighted by Gasteiger charge is 2.30. The molecule has 4 rings (SSSR count). The zero-order chi connectivity index (χ0) is 16.2. The maximum absolute atomic E-state index is 5.95. The highest BCUT2D eigenvalue weighted by atomic mass is 16.6. The SMILES string of the molecule is c1cc2c(c(C3CCCN3CCN3CCCOCC3)c1)OCCO2. The first-order valence-corrected chi connectivity index (χ1v) is 9.34. The third-order valence-corrected chi connectivity index (χ3v) is 5.34. The van der Waals surface area contributed by atoms with E-state index in [-0.39, 0.29) is 0 Å². The Bertz CT molecular complexity index is 543. The summed E-state index contributed by atoms with van der Waals surface area (Å²) < 4.78 is 17.3. The van der Waals surface area contributed by atoms with Gasteiger partial charge in [-0.05, 0) is 31.9 Å². The molecule has 2 saturated heterocycles. The Labute approximate surface area is 144 Å². The summed E-state index contributed by atoms with van der Waals surface area (Å²) in [5, 5.41) is 0. The van der Waals surface area contributed by atoms with Crippen LogP contribution in [0.4, 0.5) is 0 Å². The van der Waals surface area contributed by atoms with Gasteiger partial charge in [-0.1, -0.05) is 12.1 Å².